The van der Waals surface area contributed by atoms with Crippen molar-refractivity contribution in [1.82, 2.24) is 0 Å². The van der Waals surface area contributed by atoms with E-state index in [1.165, 1.54) is 30.3 Å². The summed E-state index contributed by atoms with van der Waals surface area (Å²) in [6.45, 7) is 3.82. The molecule has 0 aliphatic carbocycles. The number of phenolic OH excluding ortho intramolecular Hbond substituents is 6. The molecule has 0 saturated carbocycles. The first-order valence-electron chi connectivity index (χ1n) is 14.5. The summed E-state index contributed by atoms with van der Waals surface area (Å²) in [5.41, 5.74) is -0.730. The third kappa shape index (κ3) is 4.50. The number of rotatable bonds is 3. The van der Waals surface area contributed by atoms with Gasteiger partial charge in [0.25, 0.3) is 0 Å². The summed E-state index contributed by atoms with van der Waals surface area (Å²) in [5, 5.41) is 62.8. The smallest absolute Gasteiger partial charge is 0.197 e. The fraction of sp³-hybridized carbons (Fsp3) is 0.200. The molecule has 0 radical (unpaired) electrons. The quantitative estimate of drug-likeness (QED) is 0.131. The van der Waals surface area contributed by atoms with Gasteiger partial charge in [0.05, 0.1) is 11.5 Å². The monoisotopic (exact) mass is 624 g/mol. The van der Waals surface area contributed by atoms with Crippen LogP contribution >= 0.6 is 0 Å². The number of aromatic hydroxyl groups is 6. The van der Waals surface area contributed by atoms with E-state index < -0.39 is 57.6 Å². The molecule has 234 valence electrons. The Labute approximate surface area is 260 Å². The predicted molar refractivity (Wildman–Crippen MR) is 164 cm³/mol. The second kappa shape index (κ2) is 10.1. The lowest BCUT2D eigenvalue weighted by Crippen LogP contribution is -2.35. The van der Waals surface area contributed by atoms with Crippen molar-refractivity contribution < 1.29 is 49.3 Å². The summed E-state index contributed by atoms with van der Waals surface area (Å²) in [5.74, 6) is -4.23. The number of carbonyl (C=O) groups is 1. The SMILES string of the molecule is CC1(C)CCc2c(cc(O)c3c2O[C@@H](c2ccc(O)cc2)[C@H](c2c(O)cc(O)c4c(=O)cc(-c5ccc(O)c(O)c5)oc24)C3=O)O1. The maximum absolute atomic E-state index is 14.6. The fourth-order valence-corrected chi connectivity index (χ4v) is 6.27. The Morgan fingerprint density at radius 3 is 2.24 bits per heavy atom. The molecule has 3 heterocycles. The molecule has 0 fully saturated rings. The summed E-state index contributed by atoms with van der Waals surface area (Å²) < 4.78 is 18.8. The number of carbonyl (C=O) groups excluding carboxylic acids is 1. The van der Waals surface area contributed by atoms with Crippen LogP contribution in [0.1, 0.15) is 59.3 Å². The van der Waals surface area contributed by atoms with Crippen LogP contribution in [0.3, 0.4) is 0 Å². The molecule has 2 atom stereocenters. The lowest BCUT2D eigenvalue weighted by Gasteiger charge is -2.38. The van der Waals surface area contributed by atoms with Gasteiger partial charge in [-0.3, -0.25) is 9.59 Å². The molecule has 1 aromatic heterocycles. The van der Waals surface area contributed by atoms with E-state index >= 15 is 0 Å². The molecule has 11 nitrogen and oxygen atoms in total. The molecule has 7 rings (SSSR count). The van der Waals surface area contributed by atoms with Crippen molar-refractivity contribution >= 4 is 16.8 Å². The zero-order valence-corrected chi connectivity index (χ0v) is 24.6. The highest BCUT2D eigenvalue weighted by molar-refractivity contribution is 6.09. The van der Waals surface area contributed by atoms with Crippen molar-refractivity contribution in [2.75, 3.05) is 0 Å². The molecule has 4 aromatic carbocycles. The average Bonchev–Trinajstić information content (AvgIpc) is 2.98. The predicted octanol–water partition coefficient (Wildman–Crippen LogP) is 5.90. The molecule has 11 heteroatoms. The topological polar surface area (TPSA) is 187 Å². The first-order chi connectivity index (χ1) is 21.8. The Morgan fingerprint density at radius 2 is 1.52 bits per heavy atom. The molecule has 0 spiro atoms. The van der Waals surface area contributed by atoms with Crippen LogP contribution in [0, 0.1) is 0 Å². The zero-order chi connectivity index (χ0) is 32.7. The van der Waals surface area contributed by atoms with E-state index in [-0.39, 0.29) is 44.9 Å². The fourth-order valence-electron chi connectivity index (χ4n) is 6.27. The van der Waals surface area contributed by atoms with E-state index in [1.54, 1.807) is 12.1 Å². The third-order valence-electron chi connectivity index (χ3n) is 8.55. The normalized spacial score (nSPS) is 18.3. The van der Waals surface area contributed by atoms with Gasteiger partial charge >= 0.3 is 0 Å². The highest BCUT2D eigenvalue weighted by atomic mass is 16.5. The Hall–Kier alpha value is -5.84. The van der Waals surface area contributed by atoms with Gasteiger partial charge < -0.3 is 44.5 Å². The van der Waals surface area contributed by atoms with Crippen LogP contribution in [-0.4, -0.2) is 42.0 Å². The second-order valence-corrected chi connectivity index (χ2v) is 12.1. The first kappa shape index (κ1) is 28.9. The summed E-state index contributed by atoms with van der Waals surface area (Å²) in [6.07, 6.45) is -0.0885. The molecule has 0 bridgehead atoms. The second-order valence-electron chi connectivity index (χ2n) is 12.1. The van der Waals surface area contributed by atoms with Gasteiger partial charge in [-0.1, -0.05) is 12.1 Å². The average molecular weight is 625 g/mol. The van der Waals surface area contributed by atoms with Gasteiger partial charge in [0, 0.05) is 29.3 Å². The van der Waals surface area contributed by atoms with Crippen molar-refractivity contribution in [2.45, 2.75) is 44.3 Å². The highest BCUT2D eigenvalue weighted by Crippen LogP contribution is 2.55. The minimum absolute atomic E-state index is 0.0424. The Kier molecular flexibility index (Phi) is 6.34. The van der Waals surface area contributed by atoms with E-state index in [9.17, 15) is 40.2 Å². The molecule has 0 amide bonds. The number of ketones is 1. The minimum atomic E-state index is -1.43. The molecular weight excluding hydrogens is 596 g/mol. The molecule has 2 aliphatic rings. The van der Waals surface area contributed by atoms with Gasteiger partial charge in [0.2, 0.25) is 0 Å². The van der Waals surface area contributed by atoms with Crippen LogP contribution in [0.15, 0.2) is 69.9 Å². The minimum Gasteiger partial charge on any atom is -0.508 e. The van der Waals surface area contributed by atoms with Crippen molar-refractivity contribution in [3.8, 4) is 57.3 Å². The number of ether oxygens (including phenoxy) is 2. The van der Waals surface area contributed by atoms with Crippen LogP contribution in [0.4, 0.5) is 0 Å². The van der Waals surface area contributed by atoms with Gasteiger partial charge in [-0.25, -0.2) is 0 Å². The lowest BCUT2D eigenvalue weighted by molar-refractivity contribution is 0.0709. The van der Waals surface area contributed by atoms with E-state index in [0.29, 0.717) is 29.7 Å². The van der Waals surface area contributed by atoms with E-state index in [0.717, 1.165) is 18.2 Å². The summed E-state index contributed by atoms with van der Waals surface area (Å²) in [6, 6.07) is 13.0. The number of hydrogen-bond acceptors (Lipinski definition) is 11. The molecule has 6 N–H and O–H groups in total. The maximum atomic E-state index is 14.6. The molecule has 2 aliphatic heterocycles. The van der Waals surface area contributed by atoms with E-state index in [2.05, 4.69) is 0 Å². The van der Waals surface area contributed by atoms with Gasteiger partial charge in [0.15, 0.2) is 22.7 Å². The number of benzene rings is 4. The molecule has 0 unspecified atom stereocenters. The van der Waals surface area contributed by atoms with Crippen molar-refractivity contribution in [1.29, 1.82) is 0 Å². The summed E-state index contributed by atoms with van der Waals surface area (Å²) >= 11 is 0. The third-order valence-corrected chi connectivity index (χ3v) is 8.55. The van der Waals surface area contributed by atoms with Gasteiger partial charge in [0.1, 0.15) is 68.5 Å². The van der Waals surface area contributed by atoms with Crippen molar-refractivity contribution in [3.05, 3.63) is 93.1 Å². The molecule has 46 heavy (non-hydrogen) atoms. The summed E-state index contributed by atoms with van der Waals surface area (Å²) in [7, 11) is 0. The van der Waals surface area contributed by atoms with E-state index in [4.69, 9.17) is 13.9 Å². The van der Waals surface area contributed by atoms with Gasteiger partial charge in [-0.15, -0.1) is 0 Å². The molecular formula is C35H28O11. The standard InChI is InChI=1S/C35H28O11/c1-35(2)10-9-18-26(46-35)14-24(42)29-31(43)30(32(45-33(18)29)15-3-6-17(36)7-4-15)28-22(40)12-21(39)27-23(41)13-25(44-34(27)28)16-5-8-19(37)20(38)11-16/h3-8,11-14,30,32,36-40,42H,9-10H2,1-2H3/t30-,32+/m1/s1. The van der Waals surface area contributed by atoms with Crippen LogP contribution < -0.4 is 14.9 Å². The number of Topliss-reactive ketones (excluding diaryl/α,β-unsaturated/α-hetero) is 1. The van der Waals surface area contributed by atoms with Gasteiger partial charge in [-0.05, 0) is 62.6 Å². The van der Waals surface area contributed by atoms with E-state index in [1.807, 2.05) is 13.8 Å². The molecule has 0 saturated heterocycles. The summed E-state index contributed by atoms with van der Waals surface area (Å²) in [4.78, 5) is 28.0. The highest BCUT2D eigenvalue weighted by Gasteiger charge is 2.46. The number of hydrogen-bond donors (Lipinski definition) is 6. The Balaban J connectivity index is 1.51. The largest absolute Gasteiger partial charge is 0.508 e. The van der Waals surface area contributed by atoms with Crippen LogP contribution in [0.25, 0.3) is 22.3 Å². The van der Waals surface area contributed by atoms with Crippen LogP contribution in [0.5, 0.6) is 46.0 Å². The van der Waals surface area contributed by atoms with Crippen molar-refractivity contribution in [3.63, 3.8) is 0 Å². The Bertz CT molecular complexity index is 2140. The van der Waals surface area contributed by atoms with Crippen LogP contribution in [0.2, 0.25) is 0 Å². The number of fused-ring (bicyclic) bond motifs is 4. The van der Waals surface area contributed by atoms with Gasteiger partial charge in [-0.2, -0.15) is 0 Å². The van der Waals surface area contributed by atoms with Crippen LogP contribution in [-0.2, 0) is 6.42 Å². The Morgan fingerprint density at radius 1 is 0.783 bits per heavy atom. The van der Waals surface area contributed by atoms with Crippen molar-refractivity contribution in [2.24, 2.45) is 0 Å². The maximum Gasteiger partial charge on any atom is 0.197 e. The lowest BCUT2D eigenvalue weighted by atomic mass is 9.78. The zero-order valence-electron chi connectivity index (χ0n) is 24.6. The molecule has 5 aromatic rings. The number of phenols is 6. The first-order valence-corrected chi connectivity index (χ1v) is 14.5.